The van der Waals surface area contributed by atoms with Gasteiger partial charge in [0.25, 0.3) is 5.91 Å². The number of nitrogens with zero attached hydrogens (tertiary/aromatic N) is 3. The molecule has 0 bridgehead atoms. The molecule has 3 aromatic carbocycles. The standard InChI is InChI=1S/C22H17ClN4O2/c23-18-7-3-1-5-15(18)13-27-19-8-4-2-6-17(19)20(22(27)29)25-26-21(28)14-9-11-16(24)12-10-14/h1-12,29H,13,24H2. The largest absolute Gasteiger partial charge is 0.493 e. The van der Waals surface area contributed by atoms with Crippen LogP contribution in [-0.4, -0.2) is 15.6 Å². The van der Waals surface area contributed by atoms with Crippen LogP contribution in [0, 0.1) is 0 Å². The highest BCUT2D eigenvalue weighted by molar-refractivity contribution is 6.31. The molecule has 0 fully saturated rings. The van der Waals surface area contributed by atoms with Crippen molar-refractivity contribution in [2.75, 3.05) is 5.73 Å². The minimum absolute atomic E-state index is 0.0834. The van der Waals surface area contributed by atoms with Crippen molar-refractivity contribution in [2.24, 2.45) is 10.2 Å². The summed E-state index contributed by atoms with van der Waals surface area (Å²) in [5.41, 5.74) is 8.41. The van der Waals surface area contributed by atoms with Crippen molar-refractivity contribution in [2.45, 2.75) is 6.54 Å². The number of nitrogens with two attached hydrogens (primary N) is 1. The van der Waals surface area contributed by atoms with Gasteiger partial charge in [-0.15, -0.1) is 10.2 Å². The number of rotatable bonds is 4. The van der Waals surface area contributed by atoms with E-state index in [1.807, 2.05) is 42.5 Å². The number of amides is 1. The SMILES string of the molecule is Nc1ccc(C(=O)N=Nc2c(O)n(Cc3ccccc3Cl)c3ccccc23)cc1. The molecular weight excluding hydrogens is 388 g/mol. The Bertz CT molecular complexity index is 1230. The molecule has 0 unspecified atom stereocenters. The fraction of sp³-hybridized carbons (Fsp3) is 0.0455. The monoisotopic (exact) mass is 404 g/mol. The molecule has 4 aromatic rings. The van der Waals surface area contributed by atoms with Gasteiger partial charge in [-0.25, -0.2) is 0 Å². The lowest BCUT2D eigenvalue weighted by molar-refractivity contribution is 0.0995. The van der Waals surface area contributed by atoms with Crippen molar-refractivity contribution < 1.29 is 9.90 Å². The van der Waals surface area contributed by atoms with E-state index in [1.165, 1.54) is 0 Å². The molecule has 7 heteroatoms. The van der Waals surface area contributed by atoms with E-state index in [2.05, 4.69) is 10.2 Å². The molecular formula is C22H17ClN4O2. The van der Waals surface area contributed by atoms with E-state index >= 15 is 0 Å². The van der Waals surface area contributed by atoms with E-state index in [0.717, 1.165) is 11.1 Å². The van der Waals surface area contributed by atoms with Gasteiger partial charge in [0.2, 0.25) is 5.88 Å². The number of fused-ring (bicyclic) bond motifs is 1. The number of aromatic hydroxyl groups is 1. The molecule has 0 aliphatic rings. The first kappa shape index (κ1) is 18.7. The van der Waals surface area contributed by atoms with Crippen LogP contribution in [0.5, 0.6) is 5.88 Å². The van der Waals surface area contributed by atoms with Gasteiger partial charge in [0, 0.05) is 21.7 Å². The summed E-state index contributed by atoms with van der Waals surface area (Å²) in [6.07, 6.45) is 0. The number of halogens is 1. The normalized spacial score (nSPS) is 11.3. The Hall–Kier alpha value is -3.64. The number of hydrogen-bond acceptors (Lipinski definition) is 4. The molecule has 0 aliphatic carbocycles. The Labute approximate surface area is 171 Å². The molecule has 29 heavy (non-hydrogen) atoms. The van der Waals surface area contributed by atoms with Gasteiger partial charge in [0.05, 0.1) is 12.1 Å². The Morgan fingerprint density at radius 3 is 2.45 bits per heavy atom. The number of carbonyl (C=O) groups excluding carboxylic acids is 1. The van der Waals surface area contributed by atoms with Crippen LogP contribution in [0.1, 0.15) is 15.9 Å². The maximum Gasteiger partial charge on any atom is 0.295 e. The number of anilines is 1. The minimum atomic E-state index is -0.521. The van der Waals surface area contributed by atoms with Crippen molar-refractivity contribution in [1.29, 1.82) is 0 Å². The topological polar surface area (TPSA) is 93.0 Å². The van der Waals surface area contributed by atoms with Crippen LogP contribution in [-0.2, 0) is 6.54 Å². The van der Waals surface area contributed by atoms with Crippen molar-refractivity contribution in [3.63, 3.8) is 0 Å². The first-order chi connectivity index (χ1) is 14.0. The third kappa shape index (κ3) is 3.70. The first-order valence-electron chi connectivity index (χ1n) is 8.90. The van der Waals surface area contributed by atoms with E-state index in [9.17, 15) is 9.90 Å². The summed E-state index contributed by atoms with van der Waals surface area (Å²) in [6, 6.07) is 21.2. The van der Waals surface area contributed by atoms with Crippen LogP contribution in [0.3, 0.4) is 0 Å². The highest BCUT2D eigenvalue weighted by Gasteiger charge is 2.18. The molecule has 0 saturated carbocycles. The summed E-state index contributed by atoms with van der Waals surface area (Å²) < 4.78 is 1.69. The zero-order chi connectivity index (χ0) is 20.4. The molecule has 0 radical (unpaired) electrons. The second-order valence-corrected chi connectivity index (χ2v) is 6.90. The fourth-order valence-corrected chi connectivity index (χ4v) is 3.30. The summed E-state index contributed by atoms with van der Waals surface area (Å²) in [6.45, 7) is 0.355. The van der Waals surface area contributed by atoms with Gasteiger partial charge in [-0.1, -0.05) is 48.0 Å². The van der Waals surface area contributed by atoms with Gasteiger partial charge in [-0.3, -0.25) is 4.79 Å². The van der Waals surface area contributed by atoms with Crippen LogP contribution in [0.15, 0.2) is 83.0 Å². The summed E-state index contributed by atoms with van der Waals surface area (Å²) in [7, 11) is 0. The van der Waals surface area contributed by atoms with Crippen molar-refractivity contribution in [3.05, 3.63) is 88.9 Å². The van der Waals surface area contributed by atoms with Gasteiger partial charge in [-0.05, 0) is 42.0 Å². The minimum Gasteiger partial charge on any atom is -0.493 e. The molecule has 0 saturated heterocycles. The van der Waals surface area contributed by atoms with E-state index < -0.39 is 5.91 Å². The number of nitrogen functional groups attached to an aromatic ring is 1. The summed E-state index contributed by atoms with van der Waals surface area (Å²) in [5, 5.41) is 20.0. The van der Waals surface area contributed by atoms with Gasteiger partial charge >= 0.3 is 0 Å². The highest BCUT2D eigenvalue weighted by atomic mass is 35.5. The summed E-state index contributed by atoms with van der Waals surface area (Å²) in [5.74, 6) is -0.604. The number of carbonyl (C=O) groups is 1. The van der Waals surface area contributed by atoms with Crippen LogP contribution < -0.4 is 5.73 Å². The zero-order valence-electron chi connectivity index (χ0n) is 15.3. The molecule has 1 amide bonds. The molecule has 4 rings (SSSR count). The van der Waals surface area contributed by atoms with Gasteiger partial charge in [0.15, 0.2) is 5.69 Å². The number of benzene rings is 3. The Balaban J connectivity index is 1.73. The number of hydrogen-bond donors (Lipinski definition) is 2. The second-order valence-electron chi connectivity index (χ2n) is 6.49. The van der Waals surface area contributed by atoms with E-state index in [4.69, 9.17) is 17.3 Å². The predicted molar refractivity (Wildman–Crippen MR) is 114 cm³/mol. The van der Waals surface area contributed by atoms with Crippen molar-refractivity contribution in [1.82, 2.24) is 4.57 Å². The quantitative estimate of drug-likeness (QED) is 0.344. The molecule has 1 aromatic heterocycles. The molecule has 6 nitrogen and oxygen atoms in total. The number of aromatic nitrogens is 1. The van der Waals surface area contributed by atoms with Crippen LogP contribution >= 0.6 is 11.6 Å². The molecule has 0 spiro atoms. The maximum atomic E-state index is 12.3. The Kier molecular flexibility index (Phi) is 5.01. The summed E-state index contributed by atoms with van der Waals surface area (Å²) >= 11 is 6.28. The van der Waals surface area contributed by atoms with E-state index in [1.54, 1.807) is 34.9 Å². The first-order valence-corrected chi connectivity index (χ1v) is 9.27. The van der Waals surface area contributed by atoms with Crippen molar-refractivity contribution in [3.8, 4) is 5.88 Å². The lowest BCUT2D eigenvalue weighted by atomic mass is 10.2. The molecule has 0 atom stereocenters. The molecule has 1 heterocycles. The predicted octanol–water partition coefficient (Wildman–Crippen LogP) is 5.55. The molecule has 3 N–H and O–H groups in total. The van der Waals surface area contributed by atoms with Gasteiger partial charge in [-0.2, -0.15) is 0 Å². The molecule has 144 valence electrons. The maximum absolute atomic E-state index is 12.3. The van der Waals surface area contributed by atoms with Crippen LogP contribution in [0.25, 0.3) is 10.9 Å². The van der Waals surface area contributed by atoms with Gasteiger partial charge < -0.3 is 15.4 Å². The average Bonchev–Trinajstić information content (AvgIpc) is 2.99. The number of azo groups is 1. The van der Waals surface area contributed by atoms with Gasteiger partial charge in [0.1, 0.15) is 0 Å². The third-order valence-electron chi connectivity index (χ3n) is 4.60. The lowest BCUT2D eigenvalue weighted by Crippen LogP contribution is -1.99. The van der Waals surface area contributed by atoms with E-state index in [0.29, 0.717) is 28.2 Å². The summed E-state index contributed by atoms with van der Waals surface area (Å²) in [4.78, 5) is 12.3. The highest BCUT2D eigenvalue weighted by Crippen LogP contribution is 2.39. The zero-order valence-corrected chi connectivity index (χ0v) is 16.0. The third-order valence-corrected chi connectivity index (χ3v) is 4.97. The Morgan fingerprint density at radius 2 is 1.69 bits per heavy atom. The van der Waals surface area contributed by atoms with Crippen molar-refractivity contribution >= 4 is 39.8 Å². The second kappa shape index (κ2) is 7.77. The fourth-order valence-electron chi connectivity index (χ4n) is 3.11. The average molecular weight is 405 g/mol. The lowest BCUT2D eigenvalue weighted by Gasteiger charge is -2.08. The number of para-hydroxylation sites is 1. The van der Waals surface area contributed by atoms with Crippen LogP contribution in [0.4, 0.5) is 11.4 Å². The van der Waals surface area contributed by atoms with E-state index in [-0.39, 0.29) is 11.6 Å². The Morgan fingerprint density at radius 1 is 1.00 bits per heavy atom. The smallest absolute Gasteiger partial charge is 0.295 e. The molecule has 0 aliphatic heterocycles. The van der Waals surface area contributed by atoms with Crippen LogP contribution in [0.2, 0.25) is 5.02 Å².